The number of benzene rings is 1. The number of pyridine rings is 1. The highest BCUT2D eigenvalue weighted by Gasteiger charge is 2.18. The monoisotopic (exact) mass is 350 g/mol. The lowest BCUT2D eigenvalue weighted by atomic mass is 10.1. The number of rotatable bonds is 4. The molecule has 26 heavy (non-hydrogen) atoms. The Morgan fingerprint density at radius 3 is 3.04 bits per heavy atom. The number of aromatic nitrogens is 3. The molecule has 3 aromatic heterocycles. The first-order chi connectivity index (χ1) is 12.9. The average molecular weight is 350 g/mol. The van der Waals surface area contributed by atoms with Crippen LogP contribution < -0.4 is 10.1 Å². The molecule has 5 rings (SSSR count). The number of hydrogen-bond donors (Lipinski definition) is 2. The summed E-state index contributed by atoms with van der Waals surface area (Å²) in [4.78, 5) is 4.36. The summed E-state index contributed by atoms with van der Waals surface area (Å²) in [5.74, 6) is 1.47. The minimum absolute atomic E-state index is 0.184. The fourth-order valence-corrected chi connectivity index (χ4v) is 3.22. The van der Waals surface area contributed by atoms with Crippen molar-refractivity contribution in [2.24, 2.45) is 0 Å². The van der Waals surface area contributed by atoms with Crippen molar-refractivity contribution in [3.05, 3.63) is 42.8 Å². The minimum Gasteiger partial charge on any atom is -0.486 e. The van der Waals surface area contributed by atoms with Crippen LogP contribution in [-0.4, -0.2) is 34.5 Å². The zero-order valence-corrected chi connectivity index (χ0v) is 14.1. The molecule has 1 saturated heterocycles. The first-order valence-corrected chi connectivity index (χ1v) is 8.68. The number of nitrogens with one attached hydrogen (secondary N) is 2. The molecule has 2 N–H and O–H groups in total. The van der Waals surface area contributed by atoms with E-state index in [9.17, 15) is 0 Å². The van der Waals surface area contributed by atoms with E-state index in [-0.39, 0.29) is 6.10 Å². The van der Waals surface area contributed by atoms with E-state index in [0.29, 0.717) is 5.82 Å². The predicted octanol–water partition coefficient (Wildman–Crippen LogP) is 4.01. The molecule has 132 valence electrons. The van der Waals surface area contributed by atoms with Crippen molar-refractivity contribution >= 4 is 33.5 Å². The van der Waals surface area contributed by atoms with E-state index in [1.807, 2.05) is 30.3 Å². The van der Waals surface area contributed by atoms with Gasteiger partial charge in [0, 0.05) is 30.8 Å². The molecule has 0 amide bonds. The van der Waals surface area contributed by atoms with E-state index in [1.165, 1.54) is 0 Å². The summed E-state index contributed by atoms with van der Waals surface area (Å²) in [5.41, 5.74) is 3.34. The Labute approximate surface area is 149 Å². The molecular formula is C19H18N4O3. The number of H-pyrrole nitrogens is 1. The molecule has 1 aliphatic heterocycles. The highest BCUT2D eigenvalue weighted by Crippen LogP contribution is 2.33. The van der Waals surface area contributed by atoms with Crippen molar-refractivity contribution in [1.82, 2.24) is 15.2 Å². The Kier molecular flexibility index (Phi) is 3.71. The van der Waals surface area contributed by atoms with Gasteiger partial charge in [0.1, 0.15) is 23.5 Å². The van der Waals surface area contributed by atoms with Crippen LogP contribution in [0.1, 0.15) is 12.8 Å². The van der Waals surface area contributed by atoms with Gasteiger partial charge < -0.3 is 19.2 Å². The van der Waals surface area contributed by atoms with Crippen molar-refractivity contribution in [3.8, 4) is 5.75 Å². The molecule has 1 fully saturated rings. The van der Waals surface area contributed by atoms with Crippen LogP contribution in [0.15, 0.2) is 47.2 Å². The van der Waals surface area contributed by atoms with Gasteiger partial charge in [-0.2, -0.15) is 5.10 Å². The number of aromatic amines is 1. The fourth-order valence-electron chi connectivity index (χ4n) is 3.22. The lowest BCUT2D eigenvalue weighted by Gasteiger charge is -2.22. The zero-order valence-electron chi connectivity index (χ0n) is 14.1. The van der Waals surface area contributed by atoms with Crippen LogP contribution in [0.2, 0.25) is 0 Å². The van der Waals surface area contributed by atoms with E-state index < -0.39 is 0 Å². The van der Waals surface area contributed by atoms with Gasteiger partial charge >= 0.3 is 0 Å². The van der Waals surface area contributed by atoms with Crippen LogP contribution in [0.5, 0.6) is 5.75 Å². The summed E-state index contributed by atoms with van der Waals surface area (Å²) in [6.07, 6.45) is 5.43. The van der Waals surface area contributed by atoms with Crippen molar-refractivity contribution in [1.29, 1.82) is 0 Å². The lowest BCUT2D eigenvalue weighted by molar-refractivity contribution is 0.0258. The molecule has 0 bridgehead atoms. The first-order valence-electron chi connectivity index (χ1n) is 8.68. The van der Waals surface area contributed by atoms with Crippen molar-refractivity contribution in [2.75, 3.05) is 18.5 Å². The SMILES string of the molecule is c1cnc2c(Nc3ccc4c(OC5CCOCC5)coc4c3)n[nH]c2c1. The van der Waals surface area contributed by atoms with Gasteiger partial charge in [0.25, 0.3) is 0 Å². The third-order valence-electron chi connectivity index (χ3n) is 4.58. The highest BCUT2D eigenvalue weighted by atomic mass is 16.5. The van der Waals surface area contributed by atoms with Crippen molar-refractivity contribution in [3.63, 3.8) is 0 Å². The molecule has 1 aromatic carbocycles. The smallest absolute Gasteiger partial charge is 0.178 e. The Hall–Kier alpha value is -3.06. The maximum Gasteiger partial charge on any atom is 0.178 e. The predicted molar refractivity (Wildman–Crippen MR) is 97.9 cm³/mol. The molecule has 0 radical (unpaired) electrons. The van der Waals surface area contributed by atoms with Crippen molar-refractivity contribution < 1.29 is 13.9 Å². The van der Waals surface area contributed by atoms with E-state index in [2.05, 4.69) is 20.5 Å². The molecule has 4 heterocycles. The van der Waals surface area contributed by atoms with Crippen LogP contribution in [0.3, 0.4) is 0 Å². The average Bonchev–Trinajstić information content (AvgIpc) is 3.27. The molecule has 1 aliphatic rings. The second kappa shape index (κ2) is 6.34. The van der Waals surface area contributed by atoms with Crippen LogP contribution >= 0.6 is 0 Å². The minimum atomic E-state index is 0.184. The second-order valence-corrected chi connectivity index (χ2v) is 6.34. The Morgan fingerprint density at radius 1 is 1.19 bits per heavy atom. The number of anilines is 2. The van der Waals surface area contributed by atoms with Gasteiger partial charge in [-0.05, 0) is 24.3 Å². The van der Waals surface area contributed by atoms with Gasteiger partial charge in [0.15, 0.2) is 11.6 Å². The summed E-state index contributed by atoms with van der Waals surface area (Å²) < 4.78 is 17.2. The summed E-state index contributed by atoms with van der Waals surface area (Å²) >= 11 is 0. The first kappa shape index (κ1) is 15.2. The standard InChI is InChI=1S/C19H18N4O3/c1-2-15-18(20-7-1)19(23-22-15)21-12-3-4-14-16(10-12)25-11-17(14)26-13-5-8-24-9-6-13/h1-4,7,10-11,13H,5-6,8-9H2,(H2,21,22,23). The Bertz CT molecular complexity index is 1050. The van der Waals surface area contributed by atoms with Gasteiger partial charge in [-0.25, -0.2) is 0 Å². The topological polar surface area (TPSA) is 85.2 Å². The van der Waals surface area contributed by atoms with E-state index in [0.717, 1.165) is 59.5 Å². The Balaban J connectivity index is 1.40. The number of furan rings is 1. The lowest BCUT2D eigenvalue weighted by Crippen LogP contribution is -2.25. The molecule has 0 saturated carbocycles. The molecule has 0 spiro atoms. The van der Waals surface area contributed by atoms with Gasteiger partial charge in [0.05, 0.1) is 24.1 Å². The fraction of sp³-hybridized carbons (Fsp3) is 0.263. The molecule has 7 heteroatoms. The normalized spacial score (nSPS) is 15.5. The van der Waals surface area contributed by atoms with Gasteiger partial charge in [-0.15, -0.1) is 0 Å². The summed E-state index contributed by atoms with van der Waals surface area (Å²) in [6.45, 7) is 1.50. The van der Waals surface area contributed by atoms with E-state index in [1.54, 1.807) is 12.5 Å². The second-order valence-electron chi connectivity index (χ2n) is 6.34. The third kappa shape index (κ3) is 2.76. The molecule has 0 atom stereocenters. The largest absolute Gasteiger partial charge is 0.486 e. The van der Waals surface area contributed by atoms with E-state index >= 15 is 0 Å². The number of hydrogen-bond acceptors (Lipinski definition) is 6. The van der Waals surface area contributed by atoms with Crippen LogP contribution in [0.4, 0.5) is 11.5 Å². The summed E-state index contributed by atoms with van der Waals surface area (Å²) in [6, 6.07) is 9.74. The van der Waals surface area contributed by atoms with Crippen LogP contribution in [-0.2, 0) is 4.74 Å². The maximum absolute atomic E-state index is 6.09. The zero-order chi connectivity index (χ0) is 17.3. The van der Waals surface area contributed by atoms with Gasteiger partial charge in [-0.1, -0.05) is 0 Å². The molecule has 0 aliphatic carbocycles. The molecule has 0 unspecified atom stereocenters. The maximum atomic E-state index is 6.09. The molecular weight excluding hydrogens is 332 g/mol. The van der Waals surface area contributed by atoms with E-state index in [4.69, 9.17) is 13.9 Å². The van der Waals surface area contributed by atoms with Gasteiger partial charge in [-0.3, -0.25) is 10.1 Å². The summed E-state index contributed by atoms with van der Waals surface area (Å²) in [5, 5.41) is 11.5. The third-order valence-corrected chi connectivity index (χ3v) is 4.58. The number of fused-ring (bicyclic) bond motifs is 2. The highest BCUT2D eigenvalue weighted by molar-refractivity contribution is 5.90. The molecule has 4 aromatic rings. The van der Waals surface area contributed by atoms with Crippen molar-refractivity contribution in [2.45, 2.75) is 18.9 Å². The van der Waals surface area contributed by atoms with Crippen LogP contribution in [0, 0.1) is 0 Å². The quantitative estimate of drug-likeness (QED) is 0.578. The Morgan fingerprint density at radius 2 is 2.12 bits per heavy atom. The molecule has 7 nitrogen and oxygen atoms in total. The number of ether oxygens (including phenoxy) is 2. The van der Waals surface area contributed by atoms with Gasteiger partial charge in [0.2, 0.25) is 0 Å². The summed E-state index contributed by atoms with van der Waals surface area (Å²) in [7, 11) is 0. The van der Waals surface area contributed by atoms with Crippen LogP contribution in [0.25, 0.3) is 22.0 Å². The number of nitrogens with zero attached hydrogens (tertiary/aromatic N) is 2.